The van der Waals surface area contributed by atoms with Crippen molar-refractivity contribution >= 4 is 5.69 Å². The zero-order chi connectivity index (χ0) is 12.8. The molecule has 2 rings (SSSR count). The summed E-state index contributed by atoms with van der Waals surface area (Å²) < 4.78 is 12.8. The van der Waals surface area contributed by atoms with Crippen molar-refractivity contribution < 1.29 is 4.39 Å². The molecule has 1 fully saturated rings. The average Bonchev–Trinajstić information content (AvgIpc) is 2.59. The largest absolute Gasteiger partial charge is 0.382 e. The van der Waals surface area contributed by atoms with Crippen molar-refractivity contribution in [1.29, 1.82) is 0 Å². The normalized spacial score (nSPS) is 24.6. The van der Waals surface area contributed by atoms with Crippen molar-refractivity contribution in [3.63, 3.8) is 0 Å². The summed E-state index contributed by atoms with van der Waals surface area (Å²) in [6, 6.07) is 7.29. The zero-order valence-electron chi connectivity index (χ0n) is 11.3. The van der Waals surface area contributed by atoms with Crippen LogP contribution in [0.1, 0.15) is 51.9 Å². The molecule has 0 spiro atoms. The Kier molecular flexibility index (Phi) is 5.03. The Balaban J connectivity index is 1.84. The van der Waals surface area contributed by atoms with Gasteiger partial charge in [0.15, 0.2) is 0 Å². The minimum absolute atomic E-state index is 0.163. The molecule has 2 atom stereocenters. The summed E-state index contributed by atoms with van der Waals surface area (Å²) in [5.74, 6) is 0.763. The molecule has 0 radical (unpaired) electrons. The van der Waals surface area contributed by atoms with Crippen molar-refractivity contribution in [1.82, 2.24) is 0 Å². The van der Waals surface area contributed by atoms with E-state index in [1.165, 1.54) is 57.1 Å². The highest BCUT2D eigenvalue weighted by atomic mass is 19.1. The molecule has 1 N–H and O–H groups in total. The third-order valence-electron chi connectivity index (χ3n) is 4.00. The van der Waals surface area contributed by atoms with E-state index in [-0.39, 0.29) is 5.82 Å². The molecule has 1 aromatic carbocycles. The highest BCUT2D eigenvalue weighted by Crippen LogP contribution is 2.28. The Hall–Kier alpha value is -1.05. The Morgan fingerprint density at radius 1 is 1.11 bits per heavy atom. The van der Waals surface area contributed by atoms with Gasteiger partial charge in [0.05, 0.1) is 0 Å². The second-order valence-corrected chi connectivity index (χ2v) is 5.51. The van der Waals surface area contributed by atoms with E-state index in [2.05, 4.69) is 12.2 Å². The number of rotatable bonds is 4. The standard InChI is InChI=1S/C16H24FN/c1-2-4-13-5-3-6-15(10-7-13)18-16-11-8-14(17)9-12-16/h8-9,11-13,15,18H,2-7,10H2,1H3. The van der Waals surface area contributed by atoms with Crippen LogP contribution in [-0.2, 0) is 0 Å². The van der Waals surface area contributed by atoms with Gasteiger partial charge in [0, 0.05) is 11.7 Å². The van der Waals surface area contributed by atoms with Gasteiger partial charge >= 0.3 is 0 Å². The first-order chi connectivity index (χ1) is 8.78. The summed E-state index contributed by atoms with van der Waals surface area (Å²) in [7, 11) is 0. The second kappa shape index (κ2) is 6.77. The van der Waals surface area contributed by atoms with E-state index < -0.39 is 0 Å². The first-order valence-electron chi connectivity index (χ1n) is 7.30. The minimum Gasteiger partial charge on any atom is -0.382 e. The third-order valence-corrected chi connectivity index (χ3v) is 4.00. The number of nitrogens with one attached hydrogen (secondary N) is 1. The van der Waals surface area contributed by atoms with Crippen molar-refractivity contribution in [2.75, 3.05) is 5.32 Å². The first kappa shape index (κ1) is 13.4. The van der Waals surface area contributed by atoms with E-state index in [0.717, 1.165) is 11.6 Å². The van der Waals surface area contributed by atoms with Gasteiger partial charge in [0.1, 0.15) is 5.82 Å². The molecule has 1 aliphatic carbocycles. The molecular formula is C16H24FN. The van der Waals surface area contributed by atoms with Crippen LogP contribution in [0.15, 0.2) is 24.3 Å². The molecule has 0 heterocycles. The zero-order valence-corrected chi connectivity index (χ0v) is 11.3. The van der Waals surface area contributed by atoms with Gasteiger partial charge in [-0.15, -0.1) is 0 Å². The number of anilines is 1. The molecule has 1 aromatic rings. The number of hydrogen-bond acceptors (Lipinski definition) is 1. The minimum atomic E-state index is -0.163. The van der Waals surface area contributed by atoms with Gasteiger partial charge in [-0.25, -0.2) is 4.39 Å². The summed E-state index contributed by atoms with van der Waals surface area (Å²) in [6.45, 7) is 2.28. The summed E-state index contributed by atoms with van der Waals surface area (Å²) >= 11 is 0. The maximum Gasteiger partial charge on any atom is 0.123 e. The van der Waals surface area contributed by atoms with Gasteiger partial charge in [-0.2, -0.15) is 0 Å². The van der Waals surface area contributed by atoms with Crippen molar-refractivity contribution in [2.24, 2.45) is 5.92 Å². The Bertz CT molecular complexity index is 347. The summed E-state index contributed by atoms with van der Waals surface area (Å²) in [5.41, 5.74) is 1.05. The van der Waals surface area contributed by atoms with E-state index in [9.17, 15) is 4.39 Å². The smallest absolute Gasteiger partial charge is 0.123 e. The fourth-order valence-corrected chi connectivity index (χ4v) is 3.00. The fraction of sp³-hybridized carbons (Fsp3) is 0.625. The number of halogens is 1. The molecule has 0 aromatic heterocycles. The van der Waals surface area contributed by atoms with Crippen LogP contribution in [0.5, 0.6) is 0 Å². The van der Waals surface area contributed by atoms with Crippen LogP contribution in [0.2, 0.25) is 0 Å². The predicted octanol–water partition coefficient (Wildman–Crippen LogP) is 4.99. The Morgan fingerprint density at radius 3 is 2.61 bits per heavy atom. The maximum absolute atomic E-state index is 12.8. The van der Waals surface area contributed by atoms with E-state index in [0.29, 0.717) is 6.04 Å². The average molecular weight is 249 g/mol. The molecule has 2 unspecified atom stereocenters. The Labute approximate surface area is 110 Å². The molecule has 0 aliphatic heterocycles. The monoisotopic (exact) mass is 249 g/mol. The maximum atomic E-state index is 12.8. The van der Waals surface area contributed by atoms with Crippen molar-refractivity contribution in [3.05, 3.63) is 30.1 Å². The lowest BCUT2D eigenvalue weighted by Gasteiger charge is -2.18. The lowest BCUT2D eigenvalue weighted by atomic mass is 9.95. The molecule has 0 amide bonds. The molecule has 2 heteroatoms. The van der Waals surface area contributed by atoms with Crippen LogP contribution in [-0.4, -0.2) is 6.04 Å². The quantitative estimate of drug-likeness (QED) is 0.741. The summed E-state index contributed by atoms with van der Waals surface area (Å²) in [6.07, 6.45) is 9.23. The van der Waals surface area contributed by atoms with E-state index in [4.69, 9.17) is 0 Å². The molecule has 1 saturated carbocycles. The second-order valence-electron chi connectivity index (χ2n) is 5.51. The van der Waals surface area contributed by atoms with Crippen LogP contribution in [0.4, 0.5) is 10.1 Å². The number of hydrogen-bond donors (Lipinski definition) is 1. The molecule has 1 nitrogen and oxygen atoms in total. The SMILES string of the molecule is CCCC1CCCC(Nc2ccc(F)cc2)CC1. The topological polar surface area (TPSA) is 12.0 Å². The van der Waals surface area contributed by atoms with Crippen LogP contribution >= 0.6 is 0 Å². The number of benzene rings is 1. The molecule has 0 saturated heterocycles. The van der Waals surface area contributed by atoms with E-state index >= 15 is 0 Å². The van der Waals surface area contributed by atoms with Crippen LogP contribution < -0.4 is 5.32 Å². The summed E-state index contributed by atoms with van der Waals surface area (Å²) in [5, 5.41) is 3.54. The molecule has 1 aliphatic rings. The van der Waals surface area contributed by atoms with Gasteiger partial charge in [-0.05, 0) is 49.4 Å². The van der Waals surface area contributed by atoms with Crippen LogP contribution in [0.3, 0.4) is 0 Å². The molecular weight excluding hydrogens is 225 g/mol. The molecule has 18 heavy (non-hydrogen) atoms. The van der Waals surface area contributed by atoms with Gasteiger partial charge in [-0.3, -0.25) is 0 Å². The van der Waals surface area contributed by atoms with Gasteiger partial charge in [-0.1, -0.05) is 32.6 Å². The van der Waals surface area contributed by atoms with Crippen LogP contribution in [0, 0.1) is 11.7 Å². The highest BCUT2D eigenvalue weighted by molar-refractivity contribution is 5.43. The van der Waals surface area contributed by atoms with Crippen molar-refractivity contribution in [2.45, 2.75) is 57.9 Å². The lowest BCUT2D eigenvalue weighted by molar-refractivity contribution is 0.422. The van der Waals surface area contributed by atoms with E-state index in [1.54, 1.807) is 0 Å². The molecule has 100 valence electrons. The summed E-state index contributed by atoms with van der Waals surface area (Å²) in [4.78, 5) is 0. The predicted molar refractivity (Wildman–Crippen MR) is 75.3 cm³/mol. The highest BCUT2D eigenvalue weighted by Gasteiger charge is 2.18. The van der Waals surface area contributed by atoms with Gasteiger partial charge < -0.3 is 5.32 Å². The van der Waals surface area contributed by atoms with Crippen LogP contribution in [0.25, 0.3) is 0 Å². The molecule has 0 bridgehead atoms. The van der Waals surface area contributed by atoms with Crippen molar-refractivity contribution in [3.8, 4) is 0 Å². The van der Waals surface area contributed by atoms with E-state index in [1.807, 2.05) is 12.1 Å². The Morgan fingerprint density at radius 2 is 1.89 bits per heavy atom. The fourth-order valence-electron chi connectivity index (χ4n) is 3.00. The van der Waals surface area contributed by atoms with Gasteiger partial charge in [0.2, 0.25) is 0 Å². The lowest BCUT2D eigenvalue weighted by Crippen LogP contribution is -2.18. The van der Waals surface area contributed by atoms with Gasteiger partial charge in [0.25, 0.3) is 0 Å². The third kappa shape index (κ3) is 4.01. The first-order valence-corrected chi connectivity index (χ1v) is 7.30.